The van der Waals surface area contributed by atoms with Crippen LogP contribution < -0.4 is 10.6 Å². The Morgan fingerprint density at radius 1 is 1.35 bits per heavy atom. The summed E-state index contributed by atoms with van der Waals surface area (Å²) in [6.45, 7) is 5.64. The Kier molecular flexibility index (Phi) is 4.79. The summed E-state index contributed by atoms with van der Waals surface area (Å²) in [6.07, 6.45) is 0. The van der Waals surface area contributed by atoms with Gasteiger partial charge >= 0.3 is 0 Å². The number of nitrogens with zero attached hydrogens (tertiary/aromatic N) is 3. The molecule has 0 aliphatic rings. The van der Waals surface area contributed by atoms with E-state index < -0.39 is 0 Å². The van der Waals surface area contributed by atoms with Gasteiger partial charge in [-0.15, -0.1) is 11.3 Å². The van der Waals surface area contributed by atoms with Gasteiger partial charge < -0.3 is 10.6 Å². The standard InChI is InChI=1S/C14H21N5S/c1-10-13(11(2)19(4)18-10)9-17-14(15-3)16-8-12-6-5-7-20-12/h5-7H,8-9H2,1-4H3,(H2,15,16,17). The first-order valence-electron chi connectivity index (χ1n) is 6.57. The van der Waals surface area contributed by atoms with Crippen LogP contribution >= 0.6 is 11.3 Å². The van der Waals surface area contributed by atoms with Crippen LogP contribution in [-0.4, -0.2) is 22.8 Å². The Balaban J connectivity index is 1.91. The van der Waals surface area contributed by atoms with Crippen molar-refractivity contribution in [3.63, 3.8) is 0 Å². The molecule has 108 valence electrons. The SMILES string of the molecule is CN=C(NCc1cccs1)NCc1c(C)nn(C)c1C. The van der Waals surface area contributed by atoms with Crippen molar-refractivity contribution in [1.29, 1.82) is 0 Å². The Morgan fingerprint density at radius 3 is 2.65 bits per heavy atom. The second-order valence-corrected chi connectivity index (χ2v) is 5.66. The van der Waals surface area contributed by atoms with Crippen LogP contribution in [0.3, 0.4) is 0 Å². The number of aliphatic imine (C=N–C) groups is 1. The highest BCUT2D eigenvalue weighted by Gasteiger charge is 2.09. The lowest BCUT2D eigenvalue weighted by atomic mass is 10.2. The average Bonchev–Trinajstić information content (AvgIpc) is 3.02. The van der Waals surface area contributed by atoms with Gasteiger partial charge in [-0.2, -0.15) is 5.10 Å². The molecule has 2 N–H and O–H groups in total. The van der Waals surface area contributed by atoms with Crippen molar-refractivity contribution in [1.82, 2.24) is 20.4 Å². The number of hydrogen-bond acceptors (Lipinski definition) is 3. The average molecular weight is 291 g/mol. The number of aromatic nitrogens is 2. The lowest BCUT2D eigenvalue weighted by Gasteiger charge is -2.11. The molecule has 6 heteroatoms. The first-order valence-corrected chi connectivity index (χ1v) is 7.45. The zero-order chi connectivity index (χ0) is 14.5. The minimum Gasteiger partial charge on any atom is -0.352 e. The number of thiophene rings is 1. The van der Waals surface area contributed by atoms with Crippen molar-refractivity contribution in [3.8, 4) is 0 Å². The summed E-state index contributed by atoms with van der Waals surface area (Å²) in [4.78, 5) is 5.53. The molecule has 0 aromatic carbocycles. The fourth-order valence-corrected chi connectivity index (χ4v) is 2.69. The molecule has 0 unspecified atom stereocenters. The van der Waals surface area contributed by atoms with E-state index in [0.29, 0.717) is 0 Å². The molecule has 0 amide bonds. The van der Waals surface area contributed by atoms with Crippen molar-refractivity contribution < 1.29 is 0 Å². The molecular weight excluding hydrogens is 270 g/mol. The largest absolute Gasteiger partial charge is 0.352 e. The lowest BCUT2D eigenvalue weighted by Crippen LogP contribution is -2.36. The molecule has 0 aliphatic carbocycles. The highest BCUT2D eigenvalue weighted by molar-refractivity contribution is 7.09. The fraction of sp³-hybridized carbons (Fsp3) is 0.429. The van der Waals surface area contributed by atoms with E-state index in [9.17, 15) is 0 Å². The van der Waals surface area contributed by atoms with Gasteiger partial charge in [0.05, 0.1) is 12.2 Å². The summed E-state index contributed by atoms with van der Waals surface area (Å²) in [5.41, 5.74) is 3.47. The molecule has 2 aromatic rings. The third-order valence-electron chi connectivity index (χ3n) is 3.33. The van der Waals surface area contributed by atoms with Crippen LogP contribution in [0.4, 0.5) is 0 Å². The van der Waals surface area contributed by atoms with Gasteiger partial charge in [0, 0.05) is 36.8 Å². The molecule has 0 atom stereocenters. The van der Waals surface area contributed by atoms with Gasteiger partial charge in [0.15, 0.2) is 5.96 Å². The molecule has 0 spiro atoms. The van der Waals surface area contributed by atoms with Crippen molar-refractivity contribution >= 4 is 17.3 Å². The van der Waals surface area contributed by atoms with Crippen LogP contribution in [0, 0.1) is 13.8 Å². The summed E-state index contributed by atoms with van der Waals surface area (Å²) in [5.74, 6) is 0.807. The van der Waals surface area contributed by atoms with Crippen LogP contribution in [0.5, 0.6) is 0 Å². The van der Waals surface area contributed by atoms with E-state index in [0.717, 1.165) is 24.7 Å². The summed E-state index contributed by atoms with van der Waals surface area (Å²) in [5, 5.41) is 13.1. The molecule has 0 saturated carbocycles. The topological polar surface area (TPSA) is 54.2 Å². The Morgan fingerprint density at radius 2 is 2.10 bits per heavy atom. The predicted molar refractivity (Wildman–Crippen MR) is 84.0 cm³/mol. The van der Waals surface area contributed by atoms with Crippen LogP contribution in [0.1, 0.15) is 21.8 Å². The number of aryl methyl sites for hydroxylation is 2. The number of hydrogen-bond donors (Lipinski definition) is 2. The van der Waals surface area contributed by atoms with E-state index in [-0.39, 0.29) is 0 Å². The van der Waals surface area contributed by atoms with Gasteiger partial charge in [0.1, 0.15) is 0 Å². The molecule has 0 fully saturated rings. The second kappa shape index (κ2) is 6.56. The van der Waals surface area contributed by atoms with Crippen molar-refractivity contribution in [2.45, 2.75) is 26.9 Å². The van der Waals surface area contributed by atoms with Crippen molar-refractivity contribution in [2.75, 3.05) is 7.05 Å². The van der Waals surface area contributed by atoms with Gasteiger partial charge in [0.25, 0.3) is 0 Å². The third-order valence-corrected chi connectivity index (χ3v) is 4.20. The van der Waals surface area contributed by atoms with E-state index in [1.807, 2.05) is 18.7 Å². The second-order valence-electron chi connectivity index (χ2n) is 4.63. The van der Waals surface area contributed by atoms with Crippen LogP contribution in [-0.2, 0) is 20.1 Å². The monoisotopic (exact) mass is 291 g/mol. The van der Waals surface area contributed by atoms with Gasteiger partial charge in [-0.05, 0) is 25.3 Å². The van der Waals surface area contributed by atoms with E-state index in [1.54, 1.807) is 18.4 Å². The fourth-order valence-electron chi connectivity index (χ4n) is 2.05. The maximum absolute atomic E-state index is 4.42. The molecule has 0 saturated heterocycles. The maximum Gasteiger partial charge on any atom is 0.191 e. The minimum atomic E-state index is 0.732. The summed E-state index contributed by atoms with van der Waals surface area (Å²) >= 11 is 1.74. The predicted octanol–water partition coefficient (Wildman–Crippen LogP) is 1.96. The number of rotatable bonds is 4. The van der Waals surface area contributed by atoms with Crippen molar-refractivity contribution in [2.24, 2.45) is 12.0 Å². The van der Waals surface area contributed by atoms with Gasteiger partial charge in [-0.3, -0.25) is 9.67 Å². The molecule has 0 bridgehead atoms. The first-order chi connectivity index (χ1) is 9.61. The van der Waals surface area contributed by atoms with E-state index in [4.69, 9.17) is 0 Å². The molecule has 2 aromatic heterocycles. The molecule has 5 nitrogen and oxygen atoms in total. The van der Waals surface area contributed by atoms with Gasteiger partial charge in [-0.25, -0.2) is 0 Å². The maximum atomic E-state index is 4.42. The van der Waals surface area contributed by atoms with Crippen LogP contribution in [0.15, 0.2) is 22.5 Å². The smallest absolute Gasteiger partial charge is 0.191 e. The molecule has 0 aliphatic heterocycles. The highest BCUT2D eigenvalue weighted by atomic mass is 32.1. The number of guanidine groups is 1. The minimum absolute atomic E-state index is 0.732. The lowest BCUT2D eigenvalue weighted by molar-refractivity contribution is 0.728. The zero-order valence-corrected chi connectivity index (χ0v) is 13.2. The van der Waals surface area contributed by atoms with E-state index >= 15 is 0 Å². The van der Waals surface area contributed by atoms with E-state index in [1.165, 1.54) is 16.1 Å². The summed E-state index contributed by atoms with van der Waals surface area (Å²) < 4.78 is 1.91. The van der Waals surface area contributed by atoms with Gasteiger partial charge in [0.2, 0.25) is 0 Å². The summed E-state index contributed by atoms with van der Waals surface area (Å²) in [6, 6.07) is 4.17. The van der Waals surface area contributed by atoms with Crippen LogP contribution in [0.25, 0.3) is 0 Å². The Labute approximate surface area is 123 Å². The first kappa shape index (κ1) is 14.6. The van der Waals surface area contributed by atoms with E-state index in [2.05, 4.69) is 45.2 Å². The molecular formula is C14H21N5S. The molecule has 2 rings (SSSR count). The van der Waals surface area contributed by atoms with Gasteiger partial charge in [-0.1, -0.05) is 6.07 Å². The number of nitrogens with one attached hydrogen (secondary N) is 2. The summed E-state index contributed by atoms with van der Waals surface area (Å²) in [7, 11) is 3.75. The van der Waals surface area contributed by atoms with Crippen molar-refractivity contribution in [3.05, 3.63) is 39.3 Å². The Bertz CT molecular complexity index is 583. The Hall–Kier alpha value is -1.82. The zero-order valence-electron chi connectivity index (χ0n) is 12.4. The normalized spacial score (nSPS) is 11.7. The molecule has 20 heavy (non-hydrogen) atoms. The molecule has 2 heterocycles. The molecule has 0 radical (unpaired) electrons. The van der Waals surface area contributed by atoms with Crippen LogP contribution in [0.2, 0.25) is 0 Å². The highest BCUT2D eigenvalue weighted by Crippen LogP contribution is 2.11. The third kappa shape index (κ3) is 3.39. The quantitative estimate of drug-likeness (QED) is 0.669.